The normalized spacial score (nSPS) is 12.9. The first-order chi connectivity index (χ1) is 17.4. The molecule has 0 saturated heterocycles. The number of rotatable bonds is 10. The molecule has 1 aliphatic rings. The largest absolute Gasteiger partial charge is 0.454 e. The average molecular weight is 493 g/mol. The van der Waals surface area contributed by atoms with Gasteiger partial charge in [0.1, 0.15) is 12.6 Å². The van der Waals surface area contributed by atoms with Crippen molar-refractivity contribution in [2.24, 2.45) is 0 Å². The molecule has 9 heteroatoms. The molecule has 1 aliphatic heterocycles. The molecule has 0 radical (unpaired) electrons. The average Bonchev–Trinajstić information content (AvgIpc) is 3.47. The summed E-state index contributed by atoms with van der Waals surface area (Å²) in [6.45, 7) is 4.04. The number of anilines is 1. The Morgan fingerprint density at radius 1 is 1.17 bits per heavy atom. The van der Waals surface area contributed by atoms with Gasteiger partial charge in [0.05, 0.1) is 5.69 Å². The van der Waals surface area contributed by atoms with Crippen LogP contribution in [0.2, 0.25) is 0 Å². The maximum absolute atomic E-state index is 13.6. The van der Waals surface area contributed by atoms with Gasteiger partial charge in [-0.15, -0.1) is 0 Å². The Morgan fingerprint density at radius 3 is 2.64 bits per heavy atom. The van der Waals surface area contributed by atoms with E-state index in [9.17, 15) is 14.7 Å². The summed E-state index contributed by atoms with van der Waals surface area (Å²) in [4.78, 5) is 28.2. The highest BCUT2D eigenvalue weighted by molar-refractivity contribution is 5.99. The molecular formula is C27H32N4O5. The number of hydrogen-bond acceptors (Lipinski definition) is 6. The number of aliphatic hydroxyl groups excluding tert-OH is 1. The standard InChI is InChI=1S/C27H32N4O5/c1-4-22-21(12-13-32)18(2)31(29-22)16-26(33)28-23(14-19-8-6-5-7-9-19)27(34)30(3)20-10-11-24-25(15-20)36-17-35-24/h5-11,15,23,32H,4,12-14,16-17H2,1-3H3,(H,28,33)/t23-/m0/s1. The monoisotopic (exact) mass is 492 g/mol. The van der Waals surface area contributed by atoms with E-state index >= 15 is 0 Å². The Hall–Kier alpha value is -3.85. The minimum absolute atomic E-state index is 0.0173. The molecule has 2 amide bonds. The predicted octanol–water partition coefficient (Wildman–Crippen LogP) is 2.41. The van der Waals surface area contributed by atoms with E-state index in [1.807, 2.05) is 44.2 Å². The number of aromatic nitrogens is 2. The number of carbonyl (C=O) groups is 2. The molecule has 0 fully saturated rings. The molecule has 1 aromatic heterocycles. The highest BCUT2D eigenvalue weighted by atomic mass is 16.7. The fourth-order valence-electron chi connectivity index (χ4n) is 4.40. The molecule has 0 bridgehead atoms. The Labute approximate surface area is 210 Å². The van der Waals surface area contributed by atoms with Gasteiger partial charge < -0.3 is 24.8 Å². The Bertz CT molecular complexity index is 1220. The van der Waals surface area contributed by atoms with Gasteiger partial charge in [-0.3, -0.25) is 14.3 Å². The first kappa shape index (κ1) is 25.2. The van der Waals surface area contributed by atoms with Gasteiger partial charge >= 0.3 is 0 Å². The van der Waals surface area contributed by atoms with Crippen LogP contribution in [0.4, 0.5) is 5.69 Å². The molecule has 2 N–H and O–H groups in total. The van der Waals surface area contributed by atoms with E-state index in [1.165, 1.54) is 4.90 Å². The topological polar surface area (TPSA) is 106 Å². The summed E-state index contributed by atoms with van der Waals surface area (Å²) in [6, 6.07) is 14.1. The van der Waals surface area contributed by atoms with Gasteiger partial charge in [0, 0.05) is 37.5 Å². The third-order valence-electron chi connectivity index (χ3n) is 6.39. The number of aryl methyl sites for hydroxylation is 1. The minimum Gasteiger partial charge on any atom is -0.454 e. The highest BCUT2D eigenvalue weighted by Crippen LogP contribution is 2.35. The van der Waals surface area contributed by atoms with Crippen LogP contribution in [0.5, 0.6) is 11.5 Å². The van der Waals surface area contributed by atoms with Crippen LogP contribution in [-0.2, 0) is 35.4 Å². The van der Waals surface area contributed by atoms with Crippen LogP contribution >= 0.6 is 0 Å². The number of hydrogen-bond donors (Lipinski definition) is 2. The van der Waals surface area contributed by atoms with Crippen molar-refractivity contribution in [3.8, 4) is 11.5 Å². The van der Waals surface area contributed by atoms with Gasteiger partial charge in [-0.25, -0.2) is 0 Å². The summed E-state index contributed by atoms with van der Waals surface area (Å²) in [5, 5.41) is 16.9. The second-order valence-electron chi connectivity index (χ2n) is 8.74. The van der Waals surface area contributed by atoms with Gasteiger partial charge in [-0.2, -0.15) is 5.10 Å². The number of carbonyl (C=O) groups excluding carboxylic acids is 2. The molecule has 36 heavy (non-hydrogen) atoms. The maximum Gasteiger partial charge on any atom is 0.249 e. The minimum atomic E-state index is -0.784. The fourth-order valence-corrected chi connectivity index (χ4v) is 4.40. The van der Waals surface area contributed by atoms with Crippen molar-refractivity contribution >= 4 is 17.5 Å². The summed E-state index contributed by atoms with van der Waals surface area (Å²) in [5.41, 5.74) is 4.25. The van der Waals surface area contributed by atoms with Gasteiger partial charge in [0.2, 0.25) is 18.6 Å². The van der Waals surface area contributed by atoms with Crippen LogP contribution in [0.25, 0.3) is 0 Å². The van der Waals surface area contributed by atoms with E-state index in [0.29, 0.717) is 36.4 Å². The molecule has 2 aromatic carbocycles. The highest BCUT2D eigenvalue weighted by Gasteiger charge is 2.27. The second kappa shape index (κ2) is 11.3. The van der Waals surface area contributed by atoms with Crippen molar-refractivity contribution in [1.29, 1.82) is 0 Å². The molecule has 1 atom stereocenters. The van der Waals surface area contributed by atoms with Crippen LogP contribution in [-0.4, -0.2) is 53.2 Å². The SMILES string of the molecule is CCc1nn(CC(=O)N[C@@H](Cc2ccccc2)C(=O)N(C)c2ccc3c(c2)OCO3)c(C)c1CCO. The molecule has 2 heterocycles. The van der Waals surface area contributed by atoms with E-state index in [4.69, 9.17) is 9.47 Å². The number of ether oxygens (including phenoxy) is 2. The molecule has 190 valence electrons. The van der Waals surface area contributed by atoms with Crippen molar-refractivity contribution < 1.29 is 24.2 Å². The van der Waals surface area contributed by atoms with Crippen LogP contribution in [0.15, 0.2) is 48.5 Å². The lowest BCUT2D eigenvalue weighted by atomic mass is 10.0. The summed E-state index contributed by atoms with van der Waals surface area (Å²) < 4.78 is 12.5. The molecule has 0 spiro atoms. The smallest absolute Gasteiger partial charge is 0.249 e. The quantitative estimate of drug-likeness (QED) is 0.450. The number of fused-ring (bicyclic) bond motifs is 1. The second-order valence-corrected chi connectivity index (χ2v) is 8.74. The van der Waals surface area contributed by atoms with Gasteiger partial charge in [0.15, 0.2) is 11.5 Å². The van der Waals surface area contributed by atoms with Gasteiger partial charge in [-0.05, 0) is 43.0 Å². The van der Waals surface area contributed by atoms with Crippen LogP contribution in [0.1, 0.15) is 29.4 Å². The number of likely N-dealkylation sites (N-methyl/N-ethyl adjacent to an activating group) is 1. The summed E-state index contributed by atoms with van der Waals surface area (Å²) >= 11 is 0. The van der Waals surface area contributed by atoms with Crippen molar-refractivity contribution in [2.75, 3.05) is 25.3 Å². The fraction of sp³-hybridized carbons (Fsp3) is 0.370. The van der Waals surface area contributed by atoms with Gasteiger partial charge in [-0.1, -0.05) is 37.3 Å². The third kappa shape index (κ3) is 5.52. The third-order valence-corrected chi connectivity index (χ3v) is 6.39. The Morgan fingerprint density at radius 2 is 1.92 bits per heavy atom. The van der Waals surface area contributed by atoms with Crippen molar-refractivity contribution in [2.45, 2.75) is 45.7 Å². The lowest BCUT2D eigenvalue weighted by molar-refractivity contribution is -0.127. The lowest BCUT2D eigenvalue weighted by Gasteiger charge is -2.25. The van der Waals surface area contributed by atoms with Crippen molar-refractivity contribution in [1.82, 2.24) is 15.1 Å². The number of nitrogens with one attached hydrogen (secondary N) is 1. The molecular weight excluding hydrogens is 460 g/mol. The predicted molar refractivity (Wildman–Crippen MR) is 135 cm³/mol. The summed E-state index contributed by atoms with van der Waals surface area (Å²) in [5.74, 6) is 0.649. The maximum atomic E-state index is 13.6. The number of aliphatic hydroxyl groups is 1. The number of amides is 2. The van der Waals surface area contributed by atoms with E-state index in [0.717, 1.165) is 22.5 Å². The first-order valence-corrected chi connectivity index (χ1v) is 12.1. The van der Waals surface area contributed by atoms with Crippen LogP contribution in [0.3, 0.4) is 0 Å². The van der Waals surface area contributed by atoms with Crippen LogP contribution in [0, 0.1) is 6.92 Å². The zero-order valence-corrected chi connectivity index (χ0v) is 20.9. The summed E-state index contributed by atoms with van der Waals surface area (Å²) in [7, 11) is 1.68. The lowest BCUT2D eigenvalue weighted by Crippen LogP contribution is -2.49. The zero-order chi connectivity index (χ0) is 25.7. The summed E-state index contributed by atoms with van der Waals surface area (Å²) in [6.07, 6.45) is 1.54. The molecule has 4 rings (SSSR count). The van der Waals surface area contributed by atoms with E-state index in [-0.39, 0.29) is 31.8 Å². The van der Waals surface area contributed by atoms with Gasteiger partial charge in [0.25, 0.3) is 0 Å². The van der Waals surface area contributed by atoms with Crippen LogP contribution < -0.4 is 19.7 Å². The first-order valence-electron chi connectivity index (χ1n) is 12.1. The molecule has 0 aliphatic carbocycles. The van der Waals surface area contributed by atoms with Crippen molar-refractivity contribution in [3.05, 3.63) is 71.0 Å². The molecule has 3 aromatic rings. The van der Waals surface area contributed by atoms with Crippen molar-refractivity contribution in [3.63, 3.8) is 0 Å². The number of nitrogens with zero attached hydrogens (tertiary/aromatic N) is 3. The number of benzene rings is 2. The molecule has 0 saturated carbocycles. The molecule has 9 nitrogen and oxygen atoms in total. The molecule has 0 unspecified atom stereocenters. The Kier molecular flexibility index (Phi) is 7.90. The van der Waals surface area contributed by atoms with E-state index in [2.05, 4.69) is 10.4 Å². The van der Waals surface area contributed by atoms with E-state index in [1.54, 1.807) is 29.9 Å². The van der Waals surface area contributed by atoms with E-state index < -0.39 is 6.04 Å². The zero-order valence-electron chi connectivity index (χ0n) is 20.9. The Balaban J connectivity index is 1.53.